The van der Waals surface area contributed by atoms with Gasteiger partial charge in [-0.15, -0.1) is 22.7 Å². The number of ether oxygens (including phenoxy) is 4. The van der Waals surface area contributed by atoms with Gasteiger partial charge in [-0.3, -0.25) is 0 Å². The molecule has 0 spiro atoms. The molecule has 6 rings (SSSR count). The average Bonchev–Trinajstić information content (AvgIpc) is 4.07. The van der Waals surface area contributed by atoms with Gasteiger partial charge in [0.2, 0.25) is 0 Å². The molecular weight excluding hydrogens is 913 g/mol. The maximum absolute atomic E-state index is 13.1. The Morgan fingerprint density at radius 1 is 0.343 bits per heavy atom. The predicted molar refractivity (Wildman–Crippen MR) is 284 cm³/mol. The first-order chi connectivity index (χ1) is 34.3. The first-order valence-electron chi connectivity index (χ1n) is 25.7. The van der Waals surface area contributed by atoms with E-state index >= 15 is 0 Å². The molecule has 0 radical (unpaired) electrons. The molecular formula is C60H70O8S2. The minimum absolute atomic E-state index is 0.309. The van der Waals surface area contributed by atoms with E-state index in [1.165, 1.54) is 148 Å². The maximum Gasteiger partial charge on any atom is 0.353 e. The van der Waals surface area contributed by atoms with Crippen LogP contribution in [0.15, 0.2) is 121 Å². The highest BCUT2D eigenvalue weighted by Gasteiger charge is 2.16. The summed E-state index contributed by atoms with van der Waals surface area (Å²) in [6, 6.07) is 34.5. The van der Waals surface area contributed by atoms with Crippen LogP contribution in [0, 0.1) is 0 Å². The summed E-state index contributed by atoms with van der Waals surface area (Å²) in [6.45, 7) is 4.50. The van der Waals surface area contributed by atoms with Crippen LogP contribution >= 0.6 is 22.7 Å². The molecule has 370 valence electrons. The van der Waals surface area contributed by atoms with Crippen molar-refractivity contribution in [3.8, 4) is 34.1 Å². The van der Waals surface area contributed by atoms with E-state index in [2.05, 4.69) is 13.8 Å². The lowest BCUT2D eigenvalue weighted by Crippen LogP contribution is -2.09. The highest BCUT2D eigenvalue weighted by atomic mass is 32.1. The van der Waals surface area contributed by atoms with Gasteiger partial charge in [-0.2, -0.15) is 0 Å². The third kappa shape index (κ3) is 18.5. The Morgan fingerprint density at radius 3 is 1.11 bits per heavy atom. The van der Waals surface area contributed by atoms with Crippen LogP contribution in [0.3, 0.4) is 0 Å². The zero-order chi connectivity index (χ0) is 49.2. The number of esters is 4. The number of aryl methyl sites for hydroxylation is 2. The van der Waals surface area contributed by atoms with E-state index < -0.39 is 23.9 Å². The summed E-state index contributed by atoms with van der Waals surface area (Å²) in [6.07, 6.45) is 27.8. The van der Waals surface area contributed by atoms with Crippen molar-refractivity contribution in [3.63, 3.8) is 0 Å². The molecule has 0 unspecified atom stereocenters. The lowest BCUT2D eigenvalue weighted by Gasteiger charge is -2.09. The molecule has 0 N–H and O–H groups in total. The van der Waals surface area contributed by atoms with Crippen LogP contribution in [0.1, 0.15) is 192 Å². The molecule has 6 aromatic rings. The second kappa shape index (κ2) is 30.0. The topological polar surface area (TPSA) is 105 Å². The zero-order valence-electron chi connectivity index (χ0n) is 41.2. The molecule has 10 heteroatoms. The summed E-state index contributed by atoms with van der Waals surface area (Å²) in [5.74, 6) is -0.535. The van der Waals surface area contributed by atoms with Crippen molar-refractivity contribution in [2.24, 2.45) is 0 Å². The van der Waals surface area contributed by atoms with Crippen molar-refractivity contribution in [3.05, 3.63) is 152 Å². The number of carbonyl (C=O) groups is 4. The molecule has 0 saturated carbocycles. The van der Waals surface area contributed by atoms with Crippen LogP contribution in [0.5, 0.6) is 23.0 Å². The van der Waals surface area contributed by atoms with Gasteiger partial charge in [0.05, 0.1) is 11.1 Å². The van der Waals surface area contributed by atoms with Crippen LogP contribution in [0.2, 0.25) is 0 Å². The van der Waals surface area contributed by atoms with Crippen molar-refractivity contribution in [1.82, 2.24) is 0 Å². The Labute approximate surface area is 423 Å². The molecule has 0 aliphatic heterocycles. The summed E-state index contributed by atoms with van der Waals surface area (Å²) in [4.78, 5) is 55.4. The van der Waals surface area contributed by atoms with Crippen molar-refractivity contribution in [1.29, 1.82) is 0 Å². The first-order valence-corrected chi connectivity index (χ1v) is 27.4. The van der Waals surface area contributed by atoms with E-state index in [1.807, 2.05) is 42.5 Å². The molecule has 0 amide bonds. The van der Waals surface area contributed by atoms with Gasteiger partial charge in [-0.1, -0.05) is 154 Å². The van der Waals surface area contributed by atoms with Crippen LogP contribution in [-0.2, 0) is 12.8 Å². The van der Waals surface area contributed by atoms with Gasteiger partial charge < -0.3 is 18.9 Å². The number of benzene rings is 4. The van der Waals surface area contributed by atoms with E-state index in [0.717, 1.165) is 36.8 Å². The summed E-state index contributed by atoms with van der Waals surface area (Å²) in [7, 11) is 0. The third-order valence-corrected chi connectivity index (χ3v) is 14.6. The molecule has 0 saturated heterocycles. The SMILES string of the molecule is CCCCCCCCCCCCc1ccc(C(=O)Oc2ccc(C(=O)Oc3ccc(-c4cccc(OC(=O)c5ccc(OC(=O)c6ccc(CCCCCCCCCCCC)s6)cc5)c4)cc3)cc2)s1. The fourth-order valence-electron chi connectivity index (χ4n) is 8.24. The average molecular weight is 983 g/mol. The number of hydrogen-bond donors (Lipinski definition) is 0. The number of rotatable bonds is 31. The van der Waals surface area contributed by atoms with Gasteiger partial charge in [0, 0.05) is 9.75 Å². The van der Waals surface area contributed by atoms with Crippen molar-refractivity contribution >= 4 is 46.6 Å². The molecule has 2 heterocycles. The summed E-state index contributed by atoms with van der Waals surface area (Å²) >= 11 is 2.95. The van der Waals surface area contributed by atoms with E-state index in [9.17, 15) is 19.2 Å². The molecule has 8 nitrogen and oxygen atoms in total. The fourth-order valence-corrected chi connectivity index (χ4v) is 10.1. The normalized spacial score (nSPS) is 11.1. The smallest absolute Gasteiger partial charge is 0.353 e. The molecule has 2 aromatic heterocycles. The lowest BCUT2D eigenvalue weighted by molar-refractivity contribution is 0.0722. The molecule has 0 atom stereocenters. The number of unbranched alkanes of at least 4 members (excludes halogenated alkanes) is 18. The van der Waals surface area contributed by atoms with Crippen LogP contribution in [-0.4, -0.2) is 23.9 Å². The first kappa shape index (κ1) is 53.5. The second-order valence-electron chi connectivity index (χ2n) is 18.1. The highest BCUT2D eigenvalue weighted by molar-refractivity contribution is 7.14. The second-order valence-corrected chi connectivity index (χ2v) is 20.4. The predicted octanol–water partition coefficient (Wildman–Crippen LogP) is 17.3. The molecule has 0 fully saturated rings. The van der Waals surface area contributed by atoms with Crippen molar-refractivity contribution < 1.29 is 38.1 Å². The number of thiophene rings is 2. The van der Waals surface area contributed by atoms with Crippen LogP contribution < -0.4 is 18.9 Å². The fraction of sp³-hybridized carbons (Fsp3) is 0.400. The molecule has 0 aliphatic carbocycles. The third-order valence-electron chi connectivity index (χ3n) is 12.3. The minimum atomic E-state index is -0.551. The van der Waals surface area contributed by atoms with E-state index in [1.54, 1.807) is 78.9 Å². The summed E-state index contributed by atoms with van der Waals surface area (Å²) in [5, 5.41) is 0. The van der Waals surface area contributed by atoms with Gasteiger partial charge in [-0.25, -0.2) is 19.2 Å². The van der Waals surface area contributed by atoms with Crippen molar-refractivity contribution in [2.75, 3.05) is 0 Å². The Hall–Kier alpha value is -5.84. The highest BCUT2D eigenvalue weighted by Crippen LogP contribution is 2.29. The van der Waals surface area contributed by atoms with Crippen molar-refractivity contribution in [2.45, 2.75) is 155 Å². The van der Waals surface area contributed by atoms with E-state index in [-0.39, 0.29) is 0 Å². The lowest BCUT2D eigenvalue weighted by atomic mass is 10.1. The van der Waals surface area contributed by atoms with E-state index in [0.29, 0.717) is 43.9 Å². The monoisotopic (exact) mass is 982 g/mol. The van der Waals surface area contributed by atoms with Crippen LogP contribution in [0.4, 0.5) is 0 Å². The molecule has 70 heavy (non-hydrogen) atoms. The largest absolute Gasteiger partial charge is 0.423 e. The van der Waals surface area contributed by atoms with Gasteiger partial charge in [0.1, 0.15) is 32.8 Å². The Morgan fingerprint density at radius 2 is 0.700 bits per heavy atom. The summed E-state index contributed by atoms with van der Waals surface area (Å²) in [5.41, 5.74) is 2.24. The van der Waals surface area contributed by atoms with Crippen LogP contribution in [0.25, 0.3) is 11.1 Å². The molecule has 0 aliphatic rings. The molecule has 4 aromatic carbocycles. The minimum Gasteiger partial charge on any atom is -0.423 e. The Balaban J connectivity index is 0.886. The number of hydrogen-bond acceptors (Lipinski definition) is 10. The van der Waals surface area contributed by atoms with Gasteiger partial charge in [0.25, 0.3) is 0 Å². The maximum atomic E-state index is 13.1. The van der Waals surface area contributed by atoms with Gasteiger partial charge in [0.15, 0.2) is 0 Å². The standard InChI is InChI=1S/C60H70O8S2/c1-3-5-7-9-11-13-15-17-19-21-26-53-40-42-55(69-53)59(63)66-50-36-30-46(31-37-50)57(61)65-49-34-28-45(29-35-49)48-24-23-25-52(44-48)68-58(62)47-32-38-51(39-33-47)67-60(64)56-43-41-54(70-56)27-22-20-18-16-14-12-10-8-6-4-2/h23-25,28-44H,3-22,26-27H2,1-2H3. The van der Waals surface area contributed by atoms with E-state index in [4.69, 9.17) is 18.9 Å². The van der Waals surface area contributed by atoms with Gasteiger partial charge >= 0.3 is 23.9 Å². The quantitative estimate of drug-likeness (QED) is 0.0241. The zero-order valence-corrected chi connectivity index (χ0v) is 42.8. The van der Waals surface area contributed by atoms with Gasteiger partial charge in [-0.05, 0) is 134 Å². The number of carbonyl (C=O) groups excluding carboxylic acids is 4. The molecule has 0 bridgehead atoms. The Kier molecular flexibility index (Phi) is 22.9. The summed E-state index contributed by atoms with van der Waals surface area (Å²) < 4.78 is 22.6. The Bertz CT molecular complexity index is 2500.